The molecule has 4 heterocycles. The Labute approximate surface area is 180 Å². The van der Waals surface area contributed by atoms with Crippen LogP contribution >= 0.6 is 0 Å². The first-order valence-electron chi connectivity index (χ1n) is 11.4. The van der Waals surface area contributed by atoms with Crippen molar-refractivity contribution in [3.63, 3.8) is 0 Å². The van der Waals surface area contributed by atoms with Crippen LogP contribution in [0.5, 0.6) is 0 Å². The molecular weight excluding hydrogens is 390 g/mol. The number of hydrogen-bond donors (Lipinski definition) is 1. The van der Waals surface area contributed by atoms with Crippen molar-refractivity contribution < 1.29 is 4.79 Å². The molecule has 2 aliphatic rings. The van der Waals surface area contributed by atoms with E-state index in [1.165, 1.54) is 10.8 Å². The summed E-state index contributed by atoms with van der Waals surface area (Å²) in [5.74, 6) is 0.476. The first kappa shape index (κ1) is 20.0. The summed E-state index contributed by atoms with van der Waals surface area (Å²) in [5, 5.41) is 9.41. The molecule has 1 saturated heterocycles. The van der Waals surface area contributed by atoms with Gasteiger partial charge in [0.1, 0.15) is 16.8 Å². The maximum Gasteiger partial charge on any atom is 0.267 e. The molecular formula is C24H29N5O2. The monoisotopic (exact) mass is 419 g/mol. The van der Waals surface area contributed by atoms with Crippen molar-refractivity contribution in [2.45, 2.75) is 57.9 Å². The number of aromatic nitrogens is 3. The molecule has 0 aromatic carbocycles. The van der Waals surface area contributed by atoms with Gasteiger partial charge in [-0.15, -0.1) is 0 Å². The lowest BCUT2D eigenvalue weighted by molar-refractivity contribution is 0.0694. The molecule has 3 aromatic heterocycles. The molecule has 1 aliphatic heterocycles. The van der Waals surface area contributed by atoms with Crippen molar-refractivity contribution in [1.82, 2.24) is 18.9 Å². The summed E-state index contributed by atoms with van der Waals surface area (Å²) in [6.07, 6.45) is 8.92. The number of nitrogens with one attached hydrogen (secondary N) is 1. The number of amides is 1. The average Bonchev–Trinajstić information content (AvgIpc) is 2.80. The van der Waals surface area contributed by atoms with E-state index in [2.05, 4.69) is 6.92 Å². The van der Waals surface area contributed by atoms with Crippen LogP contribution in [0.15, 0.2) is 35.3 Å². The second-order valence-corrected chi connectivity index (χ2v) is 9.13. The van der Waals surface area contributed by atoms with Gasteiger partial charge in [0.2, 0.25) is 0 Å². The minimum absolute atomic E-state index is 0.0935. The van der Waals surface area contributed by atoms with Gasteiger partial charge in [-0.05, 0) is 49.8 Å². The van der Waals surface area contributed by atoms with Gasteiger partial charge in [-0.3, -0.25) is 19.4 Å². The molecule has 1 saturated carbocycles. The van der Waals surface area contributed by atoms with E-state index in [-0.39, 0.29) is 23.0 Å². The Bertz CT molecular complexity index is 1260. The molecule has 0 radical (unpaired) electrons. The van der Waals surface area contributed by atoms with Gasteiger partial charge in [0.25, 0.3) is 11.5 Å². The Kier molecular flexibility index (Phi) is 5.12. The van der Waals surface area contributed by atoms with Gasteiger partial charge in [0, 0.05) is 25.3 Å². The van der Waals surface area contributed by atoms with Crippen LogP contribution in [-0.2, 0) is 0 Å². The van der Waals surface area contributed by atoms with Gasteiger partial charge in [0.05, 0.1) is 10.9 Å². The van der Waals surface area contributed by atoms with Crippen molar-refractivity contribution in [2.75, 3.05) is 13.1 Å². The maximum atomic E-state index is 13.4. The summed E-state index contributed by atoms with van der Waals surface area (Å²) in [5.41, 5.74) is 1.41. The molecule has 162 valence electrons. The summed E-state index contributed by atoms with van der Waals surface area (Å²) in [7, 11) is 0. The summed E-state index contributed by atoms with van der Waals surface area (Å²) >= 11 is 0. The predicted octanol–water partition coefficient (Wildman–Crippen LogP) is 3.51. The minimum Gasteiger partial charge on any atom is -0.339 e. The number of carbonyl (C=O) groups excluding carboxylic acids is 1. The fourth-order valence-corrected chi connectivity index (χ4v) is 5.09. The number of piperidine rings is 1. The topological polar surface area (TPSA) is 83.5 Å². The molecule has 0 unspecified atom stereocenters. The summed E-state index contributed by atoms with van der Waals surface area (Å²) in [6.45, 7) is 3.62. The lowest BCUT2D eigenvalue weighted by Gasteiger charge is -2.31. The third-order valence-corrected chi connectivity index (χ3v) is 7.00. The van der Waals surface area contributed by atoms with Crippen LogP contribution in [0.25, 0.3) is 16.7 Å². The zero-order valence-electron chi connectivity index (χ0n) is 18.0. The highest BCUT2D eigenvalue weighted by atomic mass is 16.2. The van der Waals surface area contributed by atoms with Gasteiger partial charge in [-0.1, -0.05) is 32.3 Å². The number of pyridine rings is 2. The van der Waals surface area contributed by atoms with Gasteiger partial charge in [-0.2, -0.15) is 0 Å². The average molecular weight is 420 g/mol. The van der Waals surface area contributed by atoms with Crippen LogP contribution in [0.1, 0.15) is 68.3 Å². The molecule has 1 amide bonds. The largest absolute Gasteiger partial charge is 0.339 e. The third kappa shape index (κ3) is 3.46. The van der Waals surface area contributed by atoms with E-state index >= 15 is 0 Å². The Hall–Kier alpha value is -2.96. The normalized spacial score (nSPS) is 18.7. The van der Waals surface area contributed by atoms with E-state index in [0.29, 0.717) is 41.3 Å². The second-order valence-electron chi connectivity index (χ2n) is 9.13. The number of rotatable bonds is 2. The fraction of sp³-hybridized carbons (Fsp3) is 0.500. The summed E-state index contributed by atoms with van der Waals surface area (Å²) in [6, 6.07) is 7.18. The third-order valence-electron chi connectivity index (χ3n) is 7.00. The zero-order chi connectivity index (χ0) is 21.5. The van der Waals surface area contributed by atoms with E-state index < -0.39 is 0 Å². The Morgan fingerprint density at radius 3 is 2.58 bits per heavy atom. The maximum absolute atomic E-state index is 13.4. The minimum atomic E-state index is -0.188. The number of likely N-dealkylation sites (tertiary alicyclic amines) is 1. The predicted molar refractivity (Wildman–Crippen MR) is 119 cm³/mol. The van der Waals surface area contributed by atoms with Crippen LogP contribution in [0.4, 0.5) is 0 Å². The van der Waals surface area contributed by atoms with Gasteiger partial charge < -0.3 is 9.47 Å². The van der Waals surface area contributed by atoms with Crippen molar-refractivity contribution in [3.8, 4) is 0 Å². The molecule has 31 heavy (non-hydrogen) atoms. The number of hydrogen-bond acceptors (Lipinski definition) is 4. The van der Waals surface area contributed by atoms with Crippen molar-refractivity contribution in [3.05, 3.63) is 51.9 Å². The molecule has 1 N–H and O–H groups in total. The molecule has 0 bridgehead atoms. The number of nitrogens with zero attached hydrogens (tertiary/aromatic N) is 4. The van der Waals surface area contributed by atoms with Crippen LogP contribution < -0.4 is 11.0 Å². The van der Waals surface area contributed by atoms with Gasteiger partial charge in [-0.25, -0.2) is 4.98 Å². The number of carbonyl (C=O) groups is 1. The highest BCUT2D eigenvalue weighted by Crippen LogP contribution is 2.29. The standard InChI is InChI=1S/C24H29N5O2/c1-16-10-13-27(14-11-16)23(30)18-15-19-22(26-20-9-5-6-12-28(20)24(19)31)29(21(18)25)17-7-3-2-4-8-17/h5-6,9,12,15-17,25H,2-4,7-8,10-11,13-14H2,1H3. The van der Waals surface area contributed by atoms with E-state index in [9.17, 15) is 9.59 Å². The lowest BCUT2D eigenvalue weighted by Crippen LogP contribution is -2.42. The highest BCUT2D eigenvalue weighted by molar-refractivity contribution is 5.97. The smallest absolute Gasteiger partial charge is 0.267 e. The van der Waals surface area contributed by atoms with E-state index in [1.807, 2.05) is 21.6 Å². The van der Waals surface area contributed by atoms with Gasteiger partial charge in [0.15, 0.2) is 0 Å². The van der Waals surface area contributed by atoms with E-state index in [0.717, 1.165) is 38.5 Å². The Morgan fingerprint density at radius 1 is 1.10 bits per heavy atom. The van der Waals surface area contributed by atoms with Crippen LogP contribution in [0.2, 0.25) is 0 Å². The summed E-state index contributed by atoms with van der Waals surface area (Å²) < 4.78 is 3.40. The van der Waals surface area contributed by atoms with Crippen LogP contribution in [0.3, 0.4) is 0 Å². The van der Waals surface area contributed by atoms with Crippen molar-refractivity contribution in [2.24, 2.45) is 5.92 Å². The molecule has 2 fully saturated rings. The summed E-state index contributed by atoms with van der Waals surface area (Å²) in [4.78, 5) is 33.4. The molecule has 0 atom stereocenters. The Morgan fingerprint density at radius 2 is 1.84 bits per heavy atom. The first-order chi connectivity index (χ1) is 15.0. The van der Waals surface area contributed by atoms with Crippen LogP contribution in [-0.4, -0.2) is 37.8 Å². The van der Waals surface area contributed by atoms with Crippen molar-refractivity contribution in [1.29, 1.82) is 5.41 Å². The number of fused-ring (bicyclic) bond motifs is 2. The molecule has 7 nitrogen and oxygen atoms in total. The van der Waals surface area contributed by atoms with Gasteiger partial charge >= 0.3 is 0 Å². The first-order valence-corrected chi connectivity index (χ1v) is 11.4. The second kappa shape index (κ2) is 7.94. The highest BCUT2D eigenvalue weighted by Gasteiger charge is 2.27. The van der Waals surface area contributed by atoms with E-state index in [4.69, 9.17) is 10.4 Å². The molecule has 5 rings (SSSR count). The molecule has 0 spiro atoms. The molecule has 7 heteroatoms. The lowest BCUT2D eigenvalue weighted by atomic mass is 9.94. The quantitative estimate of drug-likeness (QED) is 0.645. The Balaban J connectivity index is 1.74. The zero-order valence-corrected chi connectivity index (χ0v) is 18.0. The van der Waals surface area contributed by atoms with E-state index in [1.54, 1.807) is 18.3 Å². The molecule has 3 aromatic rings. The SMILES string of the molecule is CC1CCN(C(=O)c2cc3c(=O)n4ccccc4nc3n(C3CCCCC3)c2=N)CC1. The van der Waals surface area contributed by atoms with Crippen molar-refractivity contribution >= 4 is 22.6 Å². The molecule has 1 aliphatic carbocycles. The van der Waals surface area contributed by atoms with Crippen LogP contribution in [0, 0.1) is 11.3 Å². The fourth-order valence-electron chi connectivity index (χ4n) is 5.09.